The van der Waals surface area contributed by atoms with Gasteiger partial charge in [-0.25, -0.2) is 0 Å². The van der Waals surface area contributed by atoms with Gasteiger partial charge in [-0.2, -0.15) is 0 Å². The molecule has 1 aromatic heterocycles. The van der Waals surface area contributed by atoms with Gasteiger partial charge in [-0.05, 0) is 76.3 Å². The van der Waals surface area contributed by atoms with Crippen LogP contribution >= 0.6 is 23.2 Å². The first-order chi connectivity index (χ1) is 19.0. The second-order valence-electron chi connectivity index (χ2n) is 9.46. The molecular formula is C34H24Cl2N2O. The average Bonchev–Trinajstić information content (AvgIpc) is 2.96. The molecule has 190 valence electrons. The SMILES string of the molecule is O=c1cc(Nc2ccc(-c3ccccc3)cc2)c2cc(C(c3ccc(Cl)cc3)c3ccc(Cl)cc3)ccc2[nH]1. The fourth-order valence-electron chi connectivity index (χ4n) is 4.97. The number of H-pyrrole nitrogens is 1. The summed E-state index contributed by atoms with van der Waals surface area (Å²) in [5.41, 5.74) is 7.84. The predicted octanol–water partition coefficient (Wildman–Crippen LogP) is 9.43. The van der Waals surface area contributed by atoms with Crippen molar-refractivity contribution in [1.29, 1.82) is 0 Å². The molecule has 1 heterocycles. The molecule has 0 aliphatic carbocycles. The number of aromatic amines is 1. The van der Waals surface area contributed by atoms with E-state index >= 15 is 0 Å². The molecular weight excluding hydrogens is 523 g/mol. The molecule has 0 spiro atoms. The number of pyridine rings is 1. The summed E-state index contributed by atoms with van der Waals surface area (Å²) in [4.78, 5) is 15.5. The van der Waals surface area contributed by atoms with Crippen LogP contribution in [-0.4, -0.2) is 4.98 Å². The van der Waals surface area contributed by atoms with Gasteiger partial charge >= 0.3 is 0 Å². The van der Waals surface area contributed by atoms with Crippen LogP contribution in [0.4, 0.5) is 11.4 Å². The molecule has 2 N–H and O–H groups in total. The van der Waals surface area contributed by atoms with Crippen molar-refractivity contribution in [1.82, 2.24) is 4.98 Å². The molecule has 0 amide bonds. The second kappa shape index (κ2) is 10.8. The molecule has 0 radical (unpaired) electrons. The van der Waals surface area contributed by atoms with Crippen molar-refractivity contribution in [3.8, 4) is 11.1 Å². The number of benzene rings is 5. The van der Waals surface area contributed by atoms with Gasteiger partial charge in [0.15, 0.2) is 0 Å². The van der Waals surface area contributed by atoms with Gasteiger partial charge in [0.2, 0.25) is 5.56 Å². The van der Waals surface area contributed by atoms with E-state index in [0.29, 0.717) is 10.0 Å². The Balaban J connectivity index is 1.42. The first-order valence-corrected chi connectivity index (χ1v) is 13.4. The fourth-order valence-corrected chi connectivity index (χ4v) is 5.23. The Hall–Kier alpha value is -4.31. The Morgan fingerprint density at radius 3 is 1.77 bits per heavy atom. The second-order valence-corrected chi connectivity index (χ2v) is 10.3. The van der Waals surface area contributed by atoms with Crippen molar-refractivity contribution >= 4 is 45.5 Å². The molecule has 0 aliphatic rings. The van der Waals surface area contributed by atoms with E-state index in [9.17, 15) is 4.79 Å². The van der Waals surface area contributed by atoms with Gasteiger partial charge in [0.05, 0.1) is 11.2 Å². The van der Waals surface area contributed by atoms with E-state index in [4.69, 9.17) is 23.2 Å². The molecule has 6 rings (SSSR count). The number of halogens is 2. The maximum absolute atomic E-state index is 12.5. The Kier molecular flexibility index (Phi) is 6.93. The van der Waals surface area contributed by atoms with E-state index in [-0.39, 0.29) is 11.5 Å². The molecule has 5 heteroatoms. The van der Waals surface area contributed by atoms with Crippen LogP contribution in [0.25, 0.3) is 22.0 Å². The highest BCUT2D eigenvalue weighted by Crippen LogP contribution is 2.36. The number of nitrogens with one attached hydrogen (secondary N) is 2. The van der Waals surface area contributed by atoms with Gasteiger partial charge in [-0.3, -0.25) is 4.79 Å². The van der Waals surface area contributed by atoms with Crippen LogP contribution in [0.3, 0.4) is 0 Å². The molecule has 0 bridgehead atoms. The largest absolute Gasteiger partial charge is 0.355 e. The number of rotatable bonds is 6. The van der Waals surface area contributed by atoms with Crippen molar-refractivity contribution in [2.75, 3.05) is 5.32 Å². The van der Waals surface area contributed by atoms with Crippen LogP contribution in [0.2, 0.25) is 10.0 Å². The van der Waals surface area contributed by atoms with E-state index in [0.717, 1.165) is 50.1 Å². The lowest BCUT2D eigenvalue weighted by molar-refractivity contribution is 0.980. The third-order valence-corrected chi connectivity index (χ3v) is 7.38. The highest BCUT2D eigenvalue weighted by molar-refractivity contribution is 6.30. The quantitative estimate of drug-likeness (QED) is 0.204. The first kappa shape index (κ1) is 25.0. The summed E-state index contributed by atoms with van der Waals surface area (Å²) in [6.07, 6.45) is 0. The minimum atomic E-state index is -0.161. The Morgan fingerprint density at radius 1 is 0.590 bits per heavy atom. The number of hydrogen-bond donors (Lipinski definition) is 2. The summed E-state index contributed by atoms with van der Waals surface area (Å²) < 4.78 is 0. The standard InChI is InChI=1S/C34H24Cl2N2O/c35-27-13-6-24(7-14-27)34(25-8-15-28(36)16-9-25)26-12-19-31-30(20-26)32(21-33(39)38-31)37-29-17-10-23(11-18-29)22-4-2-1-3-5-22/h1-21,34H,(H2,37,38,39). The van der Waals surface area contributed by atoms with E-state index in [1.165, 1.54) is 0 Å². The molecule has 0 saturated heterocycles. The zero-order valence-corrected chi connectivity index (χ0v) is 22.4. The highest BCUT2D eigenvalue weighted by Gasteiger charge is 2.18. The number of aromatic nitrogens is 1. The summed E-state index contributed by atoms with van der Waals surface area (Å²) in [6.45, 7) is 0. The molecule has 0 aliphatic heterocycles. The van der Waals surface area contributed by atoms with Gasteiger partial charge in [0, 0.05) is 33.1 Å². The zero-order chi connectivity index (χ0) is 26.8. The van der Waals surface area contributed by atoms with E-state index in [2.05, 4.69) is 46.7 Å². The minimum absolute atomic E-state index is 0.0473. The summed E-state index contributed by atoms with van der Waals surface area (Å²) in [6, 6.07) is 42.1. The Labute approximate surface area is 236 Å². The zero-order valence-electron chi connectivity index (χ0n) is 20.9. The first-order valence-electron chi connectivity index (χ1n) is 12.6. The van der Waals surface area contributed by atoms with Crippen LogP contribution < -0.4 is 10.9 Å². The summed E-state index contributed by atoms with van der Waals surface area (Å²) in [5, 5.41) is 5.77. The minimum Gasteiger partial charge on any atom is -0.355 e. The van der Waals surface area contributed by atoms with Crippen LogP contribution in [0.15, 0.2) is 132 Å². The van der Waals surface area contributed by atoms with Crippen LogP contribution in [-0.2, 0) is 0 Å². The van der Waals surface area contributed by atoms with Gasteiger partial charge in [-0.1, -0.05) is 96.0 Å². The van der Waals surface area contributed by atoms with E-state index < -0.39 is 0 Å². The van der Waals surface area contributed by atoms with Crippen molar-refractivity contribution in [2.45, 2.75) is 5.92 Å². The van der Waals surface area contributed by atoms with Crippen LogP contribution in [0, 0.1) is 0 Å². The average molecular weight is 547 g/mol. The fraction of sp³-hybridized carbons (Fsp3) is 0.0294. The van der Waals surface area contributed by atoms with E-state index in [1.54, 1.807) is 6.07 Å². The normalized spacial score (nSPS) is 11.2. The Bertz CT molecular complexity index is 1750. The maximum atomic E-state index is 12.5. The van der Waals surface area contributed by atoms with Gasteiger partial charge in [-0.15, -0.1) is 0 Å². The summed E-state index contributed by atoms with van der Waals surface area (Å²) >= 11 is 12.4. The molecule has 5 aromatic carbocycles. The third-order valence-electron chi connectivity index (χ3n) is 6.88. The molecule has 6 aromatic rings. The van der Waals surface area contributed by atoms with Crippen molar-refractivity contribution in [2.24, 2.45) is 0 Å². The highest BCUT2D eigenvalue weighted by atomic mass is 35.5. The molecule has 39 heavy (non-hydrogen) atoms. The van der Waals surface area contributed by atoms with Gasteiger partial charge in [0.1, 0.15) is 0 Å². The monoisotopic (exact) mass is 546 g/mol. The Morgan fingerprint density at radius 2 is 1.15 bits per heavy atom. The van der Waals surface area contributed by atoms with E-state index in [1.807, 2.05) is 84.9 Å². The van der Waals surface area contributed by atoms with Gasteiger partial charge in [0.25, 0.3) is 0 Å². The maximum Gasteiger partial charge on any atom is 0.250 e. The molecule has 0 saturated carbocycles. The molecule has 0 unspecified atom stereocenters. The third kappa shape index (κ3) is 5.46. The topological polar surface area (TPSA) is 44.9 Å². The van der Waals surface area contributed by atoms with Crippen LogP contribution in [0.5, 0.6) is 0 Å². The lowest BCUT2D eigenvalue weighted by Gasteiger charge is -2.20. The number of anilines is 2. The van der Waals surface area contributed by atoms with Crippen molar-refractivity contribution in [3.63, 3.8) is 0 Å². The molecule has 0 atom stereocenters. The molecule has 0 fully saturated rings. The lowest BCUT2D eigenvalue weighted by atomic mass is 9.84. The number of fused-ring (bicyclic) bond motifs is 1. The molecule has 3 nitrogen and oxygen atoms in total. The summed E-state index contributed by atoms with van der Waals surface area (Å²) in [7, 11) is 0. The number of hydrogen-bond acceptors (Lipinski definition) is 2. The predicted molar refractivity (Wildman–Crippen MR) is 164 cm³/mol. The van der Waals surface area contributed by atoms with Crippen molar-refractivity contribution in [3.05, 3.63) is 164 Å². The van der Waals surface area contributed by atoms with Crippen LogP contribution in [0.1, 0.15) is 22.6 Å². The summed E-state index contributed by atoms with van der Waals surface area (Å²) in [5.74, 6) is -0.0473. The smallest absolute Gasteiger partial charge is 0.250 e. The van der Waals surface area contributed by atoms with Crippen molar-refractivity contribution < 1.29 is 0 Å². The van der Waals surface area contributed by atoms with Gasteiger partial charge < -0.3 is 10.3 Å². The lowest BCUT2D eigenvalue weighted by Crippen LogP contribution is -2.08.